The van der Waals surface area contributed by atoms with Crippen molar-refractivity contribution in [1.29, 1.82) is 0 Å². The Balaban J connectivity index is 2.22. The molecule has 0 spiro atoms. The second-order valence-electron chi connectivity index (χ2n) is 3.52. The second-order valence-corrected chi connectivity index (χ2v) is 3.52. The first-order valence-electron chi connectivity index (χ1n) is 5.14. The minimum Gasteiger partial charge on any atom is -0.478 e. The predicted molar refractivity (Wildman–Crippen MR) is 64.1 cm³/mol. The molecular formula is C13H9FN2O2. The Hall–Kier alpha value is -2.56. The summed E-state index contributed by atoms with van der Waals surface area (Å²) in [5, 5.41) is 8.47. The Labute approximate surface area is 102 Å². The van der Waals surface area contributed by atoms with Gasteiger partial charge in [-0.05, 0) is 30.3 Å². The Bertz CT molecular complexity index is 577. The number of aliphatic carboxylic acids is 1. The lowest BCUT2D eigenvalue weighted by Crippen LogP contribution is -1.90. The maximum atomic E-state index is 12.7. The third-order valence-electron chi connectivity index (χ3n) is 2.19. The maximum absolute atomic E-state index is 12.7. The van der Waals surface area contributed by atoms with Crippen LogP contribution in [0.3, 0.4) is 0 Å². The van der Waals surface area contributed by atoms with Crippen LogP contribution in [0.1, 0.15) is 5.56 Å². The molecule has 0 atom stereocenters. The Morgan fingerprint density at radius 2 is 1.78 bits per heavy atom. The number of nitrogens with zero attached hydrogens (tertiary/aromatic N) is 2. The van der Waals surface area contributed by atoms with Gasteiger partial charge < -0.3 is 5.11 Å². The largest absolute Gasteiger partial charge is 0.478 e. The molecule has 0 radical (unpaired) electrons. The van der Waals surface area contributed by atoms with Crippen molar-refractivity contribution < 1.29 is 14.3 Å². The van der Waals surface area contributed by atoms with Crippen LogP contribution in [0.5, 0.6) is 0 Å². The van der Waals surface area contributed by atoms with Crippen molar-refractivity contribution >= 4 is 12.0 Å². The highest BCUT2D eigenvalue weighted by Gasteiger charge is 2.00. The van der Waals surface area contributed by atoms with Crippen LogP contribution in [0, 0.1) is 5.82 Å². The molecule has 2 rings (SSSR count). The fourth-order valence-corrected chi connectivity index (χ4v) is 1.34. The third-order valence-corrected chi connectivity index (χ3v) is 2.19. The molecule has 0 bridgehead atoms. The molecule has 1 heterocycles. The van der Waals surface area contributed by atoms with Gasteiger partial charge in [0.15, 0.2) is 5.82 Å². The van der Waals surface area contributed by atoms with Gasteiger partial charge in [0.2, 0.25) is 0 Å². The van der Waals surface area contributed by atoms with Crippen molar-refractivity contribution in [1.82, 2.24) is 9.97 Å². The molecule has 0 amide bonds. The van der Waals surface area contributed by atoms with Gasteiger partial charge in [0.05, 0.1) is 0 Å². The van der Waals surface area contributed by atoms with Gasteiger partial charge in [0.25, 0.3) is 0 Å². The van der Waals surface area contributed by atoms with Crippen molar-refractivity contribution in [2.24, 2.45) is 0 Å². The first-order valence-corrected chi connectivity index (χ1v) is 5.14. The molecule has 5 heteroatoms. The average molecular weight is 244 g/mol. The quantitative estimate of drug-likeness (QED) is 0.842. The first-order chi connectivity index (χ1) is 8.65. The van der Waals surface area contributed by atoms with E-state index in [0.29, 0.717) is 17.0 Å². The number of carbonyl (C=O) groups is 1. The molecule has 1 N–H and O–H groups in total. The molecule has 0 fully saturated rings. The summed E-state index contributed by atoms with van der Waals surface area (Å²) in [4.78, 5) is 18.5. The standard InChI is InChI=1S/C13H9FN2O2/c14-11-4-2-10(3-5-11)13-15-7-9(8-16-13)1-6-12(17)18/h1-8H,(H,17,18). The van der Waals surface area contributed by atoms with Crippen molar-refractivity contribution in [2.45, 2.75) is 0 Å². The predicted octanol–water partition coefficient (Wildman–Crippen LogP) is 2.38. The summed E-state index contributed by atoms with van der Waals surface area (Å²) in [6, 6.07) is 5.82. The van der Waals surface area contributed by atoms with Crippen molar-refractivity contribution in [3.63, 3.8) is 0 Å². The van der Waals surface area contributed by atoms with Crippen LogP contribution in [0.25, 0.3) is 17.5 Å². The number of aromatic nitrogens is 2. The molecule has 90 valence electrons. The number of hydrogen-bond acceptors (Lipinski definition) is 3. The molecule has 0 aliphatic rings. The molecule has 4 nitrogen and oxygen atoms in total. The summed E-state index contributed by atoms with van der Waals surface area (Å²) in [6.07, 6.45) is 5.42. The smallest absolute Gasteiger partial charge is 0.328 e. The molecule has 1 aromatic heterocycles. The van der Waals surface area contributed by atoms with Crippen molar-refractivity contribution in [3.8, 4) is 11.4 Å². The SMILES string of the molecule is O=C(O)C=Cc1cnc(-c2ccc(F)cc2)nc1. The molecule has 0 unspecified atom stereocenters. The van der Waals surface area contributed by atoms with Gasteiger partial charge >= 0.3 is 5.97 Å². The van der Waals surface area contributed by atoms with Crippen LogP contribution in [0.2, 0.25) is 0 Å². The monoisotopic (exact) mass is 244 g/mol. The normalized spacial score (nSPS) is 10.7. The molecule has 1 aromatic carbocycles. The van der Waals surface area contributed by atoms with E-state index in [1.165, 1.54) is 30.6 Å². The maximum Gasteiger partial charge on any atom is 0.328 e. The van der Waals surface area contributed by atoms with Crippen molar-refractivity contribution in [2.75, 3.05) is 0 Å². The lowest BCUT2D eigenvalue weighted by molar-refractivity contribution is -0.131. The van der Waals surface area contributed by atoms with E-state index in [1.807, 2.05) is 0 Å². The number of halogens is 1. The fourth-order valence-electron chi connectivity index (χ4n) is 1.34. The van der Waals surface area contributed by atoms with E-state index in [2.05, 4.69) is 9.97 Å². The van der Waals surface area contributed by atoms with E-state index >= 15 is 0 Å². The molecule has 18 heavy (non-hydrogen) atoms. The third kappa shape index (κ3) is 2.98. The summed E-state index contributed by atoms with van der Waals surface area (Å²) in [5.41, 5.74) is 1.29. The number of benzene rings is 1. The van der Waals surface area contributed by atoms with Crippen molar-refractivity contribution in [3.05, 3.63) is 54.1 Å². The summed E-state index contributed by atoms with van der Waals surface area (Å²) in [7, 11) is 0. The molecular weight excluding hydrogens is 235 g/mol. The number of carboxylic acid groups (broad SMARTS) is 1. The highest BCUT2D eigenvalue weighted by Crippen LogP contribution is 2.14. The van der Waals surface area contributed by atoms with E-state index in [-0.39, 0.29) is 5.82 Å². The van der Waals surface area contributed by atoms with Crippen LogP contribution in [-0.2, 0) is 4.79 Å². The lowest BCUT2D eigenvalue weighted by Gasteiger charge is -1.99. The second kappa shape index (κ2) is 5.18. The highest BCUT2D eigenvalue weighted by molar-refractivity contribution is 5.85. The molecule has 0 aliphatic heterocycles. The number of rotatable bonds is 3. The topological polar surface area (TPSA) is 63.1 Å². The van der Waals surface area contributed by atoms with Gasteiger partial charge in [-0.25, -0.2) is 19.2 Å². The highest BCUT2D eigenvalue weighted by atomic mass is 19.1. The zero-order chi connectivity index (χ0) is 13.0. The van der Waals surface area contributed by atoms with E-state index in [4.69, 9.17) is 5.11 Å². The van der Waals surface area contributed by atoms with E-state index in [9.17, 15) is 9.18 Å². The first kappa shape index (κ1) is 11.9. The minimum atomic E-state index is -1.03. The minimum absolute atomic E-state index is 0.320. The summed E-state index contributed by atoms with van der Waals surface area (Å²) < 4.78 is 12.7. The van der Waals surface area contributed by atoms with Crippen LogP contribution >= 0.6 is 0 Å². The summed E-state index contributed by atoms with van der Waals surface area (Å²) in [6.45, 7) is 0. The van der Waals surface area contributed by atoms with E-state index in [1.54, 1.807) is 12.1 Å². The average Bonchev–Trinajstić information content (AvgIpc) is 2.38. The van der Waals surface area contributed by atoms with Crippen LogP contribution in [0.15, 0.2) is 42.7 Å². The zero-order valence-electron chi connectivity index (χ0n) is 9.25. The molecule has 2 aromatic rings. The van der Waals surface area contributed by atoms with Crippen LogP contribution in [0.4, 0.5) is 4.39 Å². The van der Waals surface area contributed by atoms with Gasteiger partial charge in [-0.2, -0.15) is 0 Å². The van der Waals surface area contributed by atoms with Gasteiger partial charge in [0.1, 0.15) is 5.82 Å². The Morgan fingerprint density at radius 1 is 1.17 bits per heavy atom. The Morgan fingerprint density at radius 3 is 2.33 bits per heavy atom. The Kier molecular flexibility index (Phi) is 3.43. The number of carboxylic acids is 1. The van der Waals surface area contributed by atoms with Crippen LogP contribution in [-0.4, -0.2) is 21.0 Å². The fraction of sp³-hybridized carbons (Fsp3) is 0. The molecule has 0 aliphatic carbocycles. The van der Waals surface area contributed by atoms with E-state index in [0.717, 1.165) is 6.08 Å². The van der Waals surface area contributed by atoms with Gasteiger partial charge in [-0.15, -0.1) is 0 Å². The summed E-state index contributed by atoms with van der Waals surface area (Å²) in [5.74, 6) is -0.889. The van der Waals surface area contributed by atoms with Crippen LogP contribution < -0.4 is 0 Å². The van der Waals surface area contributed by atoms with Gasteiger partial charge in [-0.1, -0.05) is 0 Å². The van der Waals surface area contributed by atoms with E-state index < -0.39 is 5.97 Å². The summed E-state index contributed by atoms with van der Waals surface area (Å²) >= 11 is 0. The molecule has 0 saturated carbocycles. The lowest BCUT2D eigenvalue weighted by atomic mass is 10.2. The number of hydrogen-bond donors (Lipinski definition) is 1. The van der Waals surface area contributed by atoms with Gasteiger partial charge in [0, 0.05) is 29.6 Å². The molecule has 0 saturated heterocycles. The zero-order valence-corrected chi connectivity index (χ0v) is 9.25. The van der Waals surface area contributed by atoms with Gasteiger partial charge in [-0.3, -0.25) is 0 Å².